The summed E-state index contributed by atoms with van der Waals surface area (Å²) >= 11 is 0. The van der Waals surface area contributed by atoms with E-state index in [4.69, 9.17) is 0 Å². The molecule has 6 heteroatoms. The fourth-order valence-corrected chi connectivity index (χ4v) is 5.12. The molecule has 160 valence electrons. The molecule has 0 bridgehead atoms. The second kappa shape index (κ2) is 7.54. The summed E-state index contributed by atoms with van der Waals surface area (Å²) in [6.45, 7) is 5.61. The van der Waals surface area contributed by atoms with Crippen molar-refractivity contribution in [2.24, 2.45) is 7.05 Å². The van der Waals surface area contributed by atoms with Crippen LogP contribution < -0.4 is 4.90 Å². The van der Waals surface area contributed by atoms with Gasteiger partial charge in [-0.3, -0.25) is 9.59 Å². The fourth-order valence-electron chi connectivity index (χ4n) is 5.12. The maximum absolute atomic E-state index is 13.4. The Morgan fingerprint density at radius 2 is 1.74 bits per heavy atom. The van der Waals surface area contributed by atoms with Crippen LogP contribution in [0.3, 0.4) is 0 Å². The number of hydrogen-bond donors (Lipinski definition) is 1. The molecular formula is C25H29N4O2+. The lowest BCUT2D eigenvalue weighted by Crippen LogP contribution is -3.12. The van der Waals surface area contributed by atoms with Crippen molar-refractivity contribution in [3.05, 3.63) is 70.9 Å². The van der Waals surface area contributed by atoms with Gasteiger partial charge >= 0.3 is 0 Å². The van der Waals surface area contributed by atoms with E-state index in [0.29, 0.717) is 5.56 Å². The Hall–Kier alpha value is -3.12. The number of quaternary nitrogens is 1. The zero-order valence-corrected chi connectivity index (χ0v) is 18.4. The Labute approximate surface area is 182 Å². The molecule has 0 saturated carbocycles. The van der Waals surface area contributed by atoms with Crippen LogP contribution in [0.1, 0.15) is 33.2 Å². The van der Waals surface area contributed by atoms with Crippen LogP contribution in [0, 0.1) is 6.92 Å². The molecular weight excluding hydrogens is 388 g/mol. The number of carbonyl (C=O) groups is 2. The Morgan fingerprint density at radius 3 is 2.52 bits per heavy atom. The first kappa shape index (κ1) is 19.8. The van der Waals surface area contributed by atoms with Crippen molar-refractivity contribution in [2.75, 3.05) is 39.8 Å². The zero-order chi connectivity index (χ0) is 21.7. The Kier molecular flexibility index (Phi) is 4.82. The number of hydrogen-bond acceptors (Lipinski definition) is 2. The third-order valence-corrected chi connectivity index (χ3v) is 7.06. The largest absolute Gasteiger partial charge is 0.348 e. The molecule has 2 aliphatic rings. The number of aryl methyl sites for hydroxylation is 1. The van der Waals surface area contributed by atoms with Crippen LogP contribution in [0.4, 0.5) is 0 Å². The van der Waals surface area contributed by atoms with Crippen molar-refractivity contribution < 1.29 is 14.5 Å². The van der Waals surface area contributed by atoms with Gasteiger partial charge in [0, 0.05) is 34.8 Å². The van der Waals surface area contributed by atoms with E-state index in [9.17, 15) is 9.59 Å². The Bertz CT molecular complexity index is 1170. The van der Waals surface area contributed by atoms with E-state index >= 15 is 0 Å². The summed E-state index contributed by atoms with van der Waals surface area (Å²) < 4.78 is 2.18. The highest BCUT2D eigenvalue weighted by molar-refractivity contribution is 6.02. The molecule has 0 radical (unpaired) electrons. The van der Waals surface area contributed by atoms with Gasteiger partial charge in [0.15, 0.2) is 0 Å². The van der Waals surface area contributed by atoms with E-state index in [2.05, 4.69) is 37.7 Å². The average molecular weight is 418 g/mol. The van der Waals surface area contributed by atoms with E-state index in [1.807, 2.05) is 41.3 Å². The maximum atomic E-state index is 13.4. The van der Waals surface area contributed by atoms with Gasteiger partial charge in [-0.2, -0.15) is 0 Å². The molecule has 5 rings (SSSR count). The molecule has 2 amide bonds. The standard InChI is InChI=1S/C25H28N4O2/c1-17-23(20-10-6-7-11-21(20)27(17)3)24-18-8-4-5-9-19(18)25(31)29(24)16-22(30)28-14-12-26(2)13-15-28/h4-11,24H,12-16H2,1-3H3/p+1/t24-/m0/s1. The number of rotatable bonds is 3. The van der Waals surface area contributed by atoms with Crippen LogP contribution in [-0.2, 0) is 11.8 Å². The highest BCUT2D eigenvalue weighted by Crippen LogP contribution is 2.43. The first-order valence-corrected chi connectivity index (χ1v) is 11.0. The molecule has 2 aliphatic heterocycles. The first-order valence-electron chi connectivity index (χ1n) is 11.0. The van der Waals surface area contributed by atoms with Crippen LogP contribution >= 0.6 is 0 Å². The molecule has 3 heterocycles. The van der Waals surface area contributed by atoms with Crippen LogP contribution in [0.15, 0.2) is 48.5 Å². The highest BCUT2D eigenvalue weighted by atomic mass is 16.2. The topological polar surface area (TPSA) is 50.0 Å². The molecule has 1 saturated heterocycles. The Balaban J connectivity index is 1.58. The molecule has 1 atom stereocenters. The van der Waals surface area contributed by atoms with Gasteiger partial charge < -0.3 is 19.3 Å². The Morgan fingerprint density at radius 1 is 1.06 bits per heavy atom. The number of piperazine rings is 1. The molecule has 1 aromatic heterocycles. The molecule has 0 aliphatic carbocycles. The van der Waals surface area contributed by atoms with E-state index in [0.717, 1.165) is 53.9 Å². The SMILES string of the molecule is Cc1c([C@@H]2c3ccccc3C(=O)N2CC(=O)N2CC[NH+](C)CC2)c2ccccc2n1C. The molecule has 0 spiro atoms. The van der Waals surface area contributed by atoms with Crippen LogP contribution in [0.25, 0.3) is 10.9 Å². The van der Waals surface area contributed by atoms with E-state index < -0.39 is 0 Å². The van der Waals surface area contributed by atoms with E-state index in [1.165, 1.54) is 4.90 Å². The number of fused-ring (bicyclic) bond motifs is 2. The second-order valence-corrected chi connectivity index (χ2v) is 8.84. The van der Waals surface area contributed by atoms with Crippen molar-refractivity contribution in [1.82, 2.24) is 14.4 Å². The number of amides is 2. The average Bonchev–Trinajstić information content (AvgIpc) is 3.20. The normalized spacial score (nSPS) is 19.3. The molecule has 2 aromatic carbocycles. The van der Waals surface area contributed by atoms with Gasteiger partial charge in [0.1, 0.15) is 6.54 Å². The summed E-state index contributed by atoms with van der Waals surface area (Å²) in [5.74, 6) is -0.0161. The third kappa shape index (κ3) is 3.13. The number of nitrogens with one attached hydrogen (secondary N) is 1. The van der Waals surface area contributed by atoms with Crippen molar-refractivity contribution in [3.63, 3.8) is 0 Å². The number of benzene rings is 2. The number of carbonyl (C=O) groups excluding carboxylic acids is 2. The molecule has 31 heavy (non-hydrogen) atoms. The highest BCUT2D eigenvalue weighted by Gasteiger charge is 2.41. The predicted molar refractivity (Wildman–Crippen MR) is 120 cm³/mol. The van der Waals surface area contributed by atoms with Crippen molar-refractivity contribution in [2.45, 2.75) is 13.0 Å². The van der Waals surface area contributed by atoms with Crippen LogP contribution in [0.5, 0.6) is 0 Å². The fraction of sp³-hybridized carbons (Fsp3) is 0.360. The number of likely N-dealkylation sites (N-methyl/N-ethyl adjacent to an activating group) is 1. The van der Waals surface area contributed by atoms with Gasteiger partial charge in [0.05, 0.1) is 39.3 Å². The quantitative estimate of drug-likeness (QED) is 0.700. The summed E-state index contributed by atoms with van der Waals surface area (Å²) in [6, 6.07) is 15.8. The summed E-state index contributed by atoms with van der Waals surface area (Å²) in [5, 5.41) is 1.14. The van der Waals surface area contributed by atoms with Gasteiger partial charge in [-0.15, -0.1) is 0 Å². The van der Waals surface area contributed by atoms with Crippen LogP contribution in [0.2, 0.25) is 0 Å². The van der Waals surface area contributed by atoms with E-state index in [1.54, 1.807) is 4.90 Å². The second-order valence-electron chi connectivity index (χ2n) is 8.84. The van der Waals surface area contributed by atoms with Crippen LogP contribution in [-0.4, -0.2) is 66.0 Å². The van der Waals surface area contributed by atoms with Gasteiger partial charge in [0.2, 0.25) is 5.91 Å². The zero-order valence-electron chi connectivity index (χ0n) is 18.4. The van der Waals surface area contributed by atoms with Gasteiger partial charge in [-0.25, -0.2) is 0 Å². The summed E-state index contributed by atoms with van der Waals surface area (Å²) in [6.07, 6.45) is 0. The number of para-hydroxylation sites is 1. The van der Waals surface area contributed by atoms with Crippen molar-refractivity contribution in [1.29, 1.82) is 0 Å². The number of aromatic nitrogens is 1. The van der Waals surface area contributed by atoms with Gasteiger partial charge in [0.25, 0.3) is 5.91 Å². The lowest BCUT2D eigenvalue weighted by atomic mass is 9.95. The molecule has 3 aromatic rings. The minimum absolute atomic E-state index is 0.0385. The first-order chi connectivity index (χ1) is 15.0. The monoisotopic (exact) mass is 417 g/mol. The van der Waals surface area contributed by atoms with Crippen molar-refractivity contribution >= 4 is 22.7 Å². The molecule has 0 unspecified atom stereocenters. The summed E-state index contributed by atoms with van der Waals surface area (Å²) in [5.41, 5.74) is 5.07. The lowest BCUT2D eigenvalue weighted by molar-refractivity contribution is -0.883. The lowest BCUT2D eigenvalue weighted by Gasteiger charge is -2.33. The maximum Gasteiger partial charge on any atom is 0.255 e. The van der Waals surface area contributed by atoms with Gasteiger partial charge in [-0.1, -0.05) is 36.4 Å². The van der Waals surface area contributed by atoms with E-state index in [-0.39, 0.29) is 24.4 Å². The van der Waals surface area contributed by atoms with Gasteiger partial charge in [-0.05, 0) is 24.6 Å². The third-order valence-electron chi connectivity index (χ3n) is 7.06. The molecule has 1 N–H and O–H groups in total. The minimum Gasteiger partial charge on any atom is -0.348 e. The summed E-state index contributed by atoms with van der Waals surface area (Å²) in [7, 11) is 4.22. The summed E-state index contributed by atoms with van der Waals surface area (Å²) in [4.78, 5) is 31.8. The molecule has 1 fully saturated rings. The smallest absolute Gasteiger partial charge is 0.255 e. The van der Waals surface area contributed by atoms with Crippen molar-refractivity contribution in [3.8, 4) is 0 Å². The predicted octanol–water partition coefficient (Wildman–Crippen LogP) is 1.39. The minimum atomic E-state index is -0.253. The molecule has 6 nitrogen and oxygen atoms in total. The number of nitrogens with zero attached hydrogens (tertiary/aromatic N) is 3.